The van der Waals surface area contributed by atoms with Gasteiger partial charge in [0, 0.05) is 16.7 Å². The molecule has 0 radical (unpaired) electrons. The minimum atomic E-state index is -0.680. The number of thiazole rings is 1. The van der Waals surface area contributed by atoms with Crippen molar-refractivity contribution in [3.8, 4) is 23.1 Å². The van der Waals surface area contributed by atoms with E-state index in [1.54, 1.807) is 78.9 Å². The highest BCUT2D eigenvalue weighted by Crippen LogP contribution is 2.24. The number of nitrogens with zero attached hydrogens (tertiary/aromatic N) is 2. The topological polar surface area (TPSA) is 88.0 Å². The lowest BCUT2D eigenvalue weighted by molar-refractivity contribution is -0.111. The number of nitrogens with one attached hydrogen (secondary N) is 1. The van der Waals surface area contributed by atoms with Crippen molar-refractivity contribution in [1.82, 2.24) is 4.57 Å². The maximum atomic E-state index is 13.6. The van der Waals surface area contributed by atoms with E-state index in [1.807, 2.05) is 24.3 Å². The van der Waals surface area contributed by atoms with Crippen LogP contribution in [0.25, 0.3) is 28.7 Å². The fourth-order valence-corrected chi connectivity index (χ4v) is 5.12. The van der Waals surface area contributed by atoms with Crippen LogP contribution in [-0.2, 0) is 4.79 Å². The summed E-state index contributed by atoms with van der Waals surface area (Å²) in [5.74, 6) is 0.372. The minimum absolute atomic E-state index is 0.184. The molecule has 0 aliphatic carbocycles. The van der Waals surface area contributed by atoms with Crippen LogP contribution in [0.4, 0.5) is 5.69 Å². The smallest absolute Gasteiger partial charge is 0.273 e. The molecule has 38 heavy (non-hydrogen) atoms. The van der Waals surface area contributed by atoms with Gasteiger partial charge in [-0.3, -0.25) is 14.2 Å². The second-order valence-electron chi connectivity index (χ2n) is 8.02. The number of rotatable bonds is 5. The van der Waals surface area contributed by atoms with Gasteiger partial charge in [-0.1, -0.05) is 53.5 Å². The van der Waals surface area contributed by atoms with Gasteiger partial charge in [0.05, 0.1) is 20.9 Å². The molecule has 0 saturated carbocycles. The third-order valence-corrected chi connectivity index (χ3v) is 7.22. The van der Waals surface area contributed by atoms with Crippen LogP contribution in [0.2, 0.25) is 10.0 Å². The number of halogens is 2. The van der Waals surface area contributed by atoms with Crippen LogP contribution in [0.15, 0.2) is 100 Å². The molecule has 0 bridgehead atoms. The van der Waals surface area contributed by atoms with Crippen molar-refractivity contribution >= 4 is 57.8 Å². The molecule has 2 heterocycles. The summed E-state index contributed by atoms with van der Waals surface area (Å²) >= 11 is 13.2. The zero-order valence-electron chi connectivity index (χ0n) is 19.5. The summed E-state index contributed by atoms with van der Waals surface area (Å²) in [6, 6.07) is 28.2. The van der Waals surface area contributed by atoms with E-state index in [-0.39, 0.29) is 15.8 Å². The monoisotopic (exact) mass is 557 g/mol. The zero-order chi connectivity index (χ0) is 26.6. The first kappa shape index (κ1) is 25.3. The Morgan fingerprint density at radius 1 is 0.947 bits per heavy atom. The van der Waals surface area contributed by atoms with E-state index in [0.717, 1.165) is 16.9 Å². The van der Waals surface area contributed by atoms with Crippen LogP contribution in [0.3, 0.4) is 0 Å². The van der Waals surface area contributed by atoms with Crippen LogP contribution in [-0.4, -0.2) is 10.5 Å². The first-order valence-electron chi connectivity index (χ1n) is 11.3. The standard InChI is InChI=1S/C29H17Cl2N3O3S/c30-19-12-10-18(11-13-19)25-15-14-21(37-25)16-26-28(36)34(20-6-2-1-3-7-20)29(38-26)22(17-32)27(35)33-24-9-5-4-8-23(24)31/h1-16H,(H,33,35). The predicted octanol–water partition coefficient (Wildman–Crippen LogP) is 5.61. The number of aromatic nitrogens is 1. The van der Waals surface area contributed by atoms with Gasteiger partial charge in [0.1, 0.15) is 22.3 Å². The van der Waals surface area contributed by atoms with E-state index in [0.29, 0.717) is 37.5 Å². The van der Waals surface area contributed by atoms with Crippen LogP contribution in [0, 0.1) is 11.3 Å². The maximum absolute atomic E-state index is 13.6. The van der Waals surface area contributed by atoms with E-state index in [2.05, 4.69) is 5.32 Å². The van der Waals surface area contributed by atoms with Crippen LogP contribution in [0.1, 0.15) is 5.76 Å². The average molecular weight is 558 g/mol. The molecule has 0 atom stereocenters. The molecular formula is C29H17Cl2N3O3S. The largest absolute Gasteiger partial charge is 0.457 e. The number of para-hydroxylation sites is 2. The molecule has 3 aromatic carbocycles. The predicted molar refractivity (Wildman–Crippen MR) is 151 cm³/mol. The normalized spacial score (nSPS) is 12.2. The summed E-state index contributed by atoms with van der Waals surface area (Å²) in [6.07, 6.45) is 1.59. The van der Waals surface area contributed by atoms with Gasteiger partial charge in [-0.15, -0.1) is 11.3 Å². The minimum Gasteiger partial charge on any atom is -0.457 e. The summed E-state index contributed by atoms with van der Waals surface area (Å²) < 4.78 is 7.77. The molecule has 0 fully saturated rings. The Morgan fingerprint density at radius 2 is 1.66 bits per heavy atom. The van der Waals surface area contributed by atoms with Crippen molar-refractivity contribution in [2.24, 2.45) is 0 Å². The molecule has 6 nitrogen and oxygen atoms in total. The number of anilines is 1. The number of furan rings is 1. The molecule has 0 aliphatic heterocycles. The Kier molecular flexibility index (Phi) is 7.29. The molecule has 0 spiro atoms. The number of nitriles is 1. The zero-order valence-corrected chi connectivity index (χ0v) is 21.8. The molecule has 2 aromatic heterocycles. The Bertz CT molecular complexity index is 1870. The first-order chi connectivity index (χ1) is 18.4. The summed E-state index contributed by atoms with van der Waals surface area (Å²) in [4.78, 5) is 26.7. The molecule has 5 rings (SSSR count). The average Bonchev–Trinajstić information content (AvgIpc) is 3.51. The van der Waals surface area contributed by atoms with E-state index >= 15 is 0 Å². The molecule has 0 saturated heterocycles. The number of amides is 1. The fourth-order valence-electron chi connectivity index (χ4n) is 3.73. The molecule has 9 heteroatoms. The number of carbonyl (C=O) groups is 1. The third-order valence-electron chi connectivity index (χ3n) is 5.54. The summed E-state index contributed by atoms with van der Waals surface area (Å²) in [7, 11) is 0. The molecule has 1 amide bonds. The number of hydrogen-bond acceptors (Lipinski definition) is 5. The Morgan fingerprint density at radius 3 is 2.37 bits per heavy atom. The molecule has 5 aromatic rings. The van der Waals surface area contributed by atoms with Gasteiger partial charge in [0.2, 0.25) is 0 Å². The van der Waals surface area contributed by atoms with Crippen molar-refractivity contribution in [3.63, 3.8) is 0 Å². The Labute approximate surface area is 230 Å². The van der Waals surface area contributed by atoms with Gasteiger partial charge in [-0.2, -0.15) is 5.26 Å². The lowest BCUT2D eigenvalue weighted by Gasteiger charge is -2.07. The van der Waals surface area contributed by atoms with Gasteiger partial charge in [-0.05, 0) is 60.7 Å². The van der Waals surface area contributed by atoms with E-state index in [1.165, 1.54) is 4.57 Å². The summed E-state index contributed by atoms with van der Waals surface area (Å²) in [5.41, 5.74) is 1.09. The van der Waals surface area contributed by atoms with E-state index in [4.69, 9.17) is 27.6 Å². The van der Waals surface area contributed by atoms with Gasteiger partial charge >= 0.3 is 0 Å². The molecule has 1 N–H and O–H groups in total. The van der Waals surface area contributed by atoms with Crippen molar-refractivity contribution in [1.29, 1.82) is 5.26 Å². The summed E-state index contributed by atoms with van der Waals surface area (Å²) in [6.45, 7) is 0. The van der Waals surface area contributed by atoms with E-state index in [9.17, 15) is 14.9 Å². The van der Waals surface area contributed by atoms with Gasteiger partial charge in [-0.25, -0.2) is 0 Å². The van der Waals surface area contributed by atoms with Gasteiger partial charge in [0.25, 0.3) is 11.5 Å². The quantitative estimate of drug-likeness (QED) is 0.304. The highest BCUT2D eigenvalue weighted by atomic mass is 35.5. The molecule has 186 valence electrons. The summed E-state index contributed by atoms with van der Waals surface area (Å²) in [5, 5.41) is 13.6. The molecular weight excluding hydrogens is 541 g/mol. The maximum Gasteiger partial charge on any atom is 0.273 e. The molecule has 0 unspecified atom stereocenters. The highest BCUT2D eigenvalue weighted by Gasteiger charge is 2.18. The second kappa shape index (κ2) is 11.0. The number of benzene rings is 3. The Balaban J connectivity index is 1.66. The van der Waals surface area contributed by atoms with Crippen LogP contribution < -0.4 is 20.1 Å². The highest BCUT2D eigenvalue weighted by molar-refractivity contribution is 7.07. The van der Waals surface area contributed by atoms with Gasteiger partial charge in [0.15, 0.2) is 5.57 Å². The van der Waals surface area contributed by atoms with Crippen LogP contribution in [0.5, 0.6) is 0 Å². The van der Waals surface area contributed by atoms with Crippen molar-refractivity contribution in [2.75, 3.05) is 5.32 Å². The van der Waals surface area contributed by atoms with E-state index < -0.39 is 5.91 Å². The fraction of sp³-hybridized carbons (Fsp3) is 0. The van der Waals surface area contributed by atoms with Crippen LogP contribution >= 0.6 is 34.5 Å². The lowest BCUT2D eigenvalue weighted by Crippen LogP contribution is -2.32. The second-order valence-corrected chi connectivity index (χ2v) is 9.90. The van der Waals surface area contributed by atoms with Crippen molar-refractivity contribution in [3.05, 3.63) is 126 Å². The SMILES string of the molecule is N#CC(C(=O)Nc1ccccc1Cl)=c1sc(=Cc2ccc(-c3ccc(Cl)cc3)o2)c(=O)n1-c1ccccc1. The molecule has 0 aliphatic rings. The Hall–Kier alpha value is -4.35. The van der Waals surface area contributed by atoms with Crippen molar-refractivity contribution in [2.45, 2.75) is 0 Å². The van der Waals surface area contributed by atoms with Crippen molar-refractivity contribution < 1.29 is 9.21 Å². The van der Waals surface area contributed by atoms with Gasteiger partial charge < -0.3 is 9.73 Å². The first-order valence-corrected chi connectivity index (χ1v) is 12.9. The third kappa shape index (κ3) is 5.20. The number of hydrogen-bond donors (Lipinski definition) is 1. The number of carbonyl (C=O) groups excluding carboxylic acids is 1. The lowest BCUT2D eigenvalue weighted by atomic mass is 10.2.